The minimum Gasteiger partial charge on any atom is -0.435 e. The molecular weight excluding hydrogens is 319 g/mol. The normalized spacial score (nSPS) is 12.3. The number of para-hydroxylation sites is 1. The summed E-state index contributed by atoms with van der Waals surface area (Å²) in [5.74, 6) is 0.112. The number of benzene rings is 2. The number of ether oxygens (including phenoxy) is 1. The molecule has 2 aromatic rings. The Morgan fingerprint density at radius 2 is 1.67 bits per heavy atom. The maximum Gasteiger partial charge on any atom is 0.387 e. The number of alkyl halides is 2. The molecule has 2 aromatic carbocycles. The second kappa shape index (κ2) is 6.96. The molecule has 0 radical (unpaired) electrons. The van der Waals surface area contributed by atoms with Crippen LogP contribution in [-0.4, -0.2) is 6.61 Å². The summed E-state index contributed by atoms with van der Waals surface area (Å²) in [5, 5.41) is 4.16. The van der Waals surface area contributed by atoms with Crippen molar-refractivity contribution in [1.29, 1.82) is 0 Å². The van der Waals surface area contributed by atoms with Gasteiger partial charge in [0.15, 0.2) is 0 Å². The van der Waals surface area contributed by atoms with E-state index >= 15 is 0 Å². The highest BCUT2D eigenvalue weighted by molar-refractivity contribution is 6.39. The van der Waals surface area contributed by atoms with E-state index in [4.69, 9.17) is 23.2 Å². The minimum atomic E-state index is -2.85. The number of hydrogen-bond acceptors (Lipinski definition) is 2. The summed E-state index contributed by atoms with van der Waals surface area (Å²) in [5.41, 5.74) is 1.39. The third kappa shape index (κ3) is 4.22. The van der Waals surface area contributed by atoms with Crippen molar-refractivity contribution >= 4 is 28.9 Å². The zero-order chi connectivity index (χ0) is 15.4. The van der Waals surface area contributed by atoms with E-state index in [9.17, 15) is 8.78 Å². The van der Waals surface area contributed by atoms with Crippen molar-refractivity contribution in [2.45, 2.75) is 19.6 Å². The summed E-state index contributed by atoms with van der Waals surface area (Å²) >= 11 is 12.2. The summed E-state index contributed by atoms with van der Waals surface area (Å²) in [6.45, 7) is -0.970. The Hall–Kier alpha value is -1.52. The maximum atomic E-state index is 12.2. The van der Waals surface area contributed by atoms with Gasteiger partial charge in [-0.1, -0.05) is 41.4 Å². The van der Waals surface area contributed by atoms with Crippen molar-refractivity contribution in [3.8, 4) is 5.75 Å². The first-order valence-corrected chi connectivity index (χ1v) is 6.98. The maximum absolute atomic E-state index is 12.2. The van der Waals surface area contributed by atoms with E-state index in [1.165, 1.54) is 6.07 Å². The predicted octanol–water partition coefficient (Wildman–Crippen LogP) is 5.77. The molecule has 0 aromatic heterocycles. The quantitative estimate of drug-likeness (QED) is 0.751. The molecule has 0 fully saturated rings. The first-order valence-electron chi connectivity index (χ1n) is 6.22. The van der Waals surface area contributed by atoms with Gasteiger partial charge in [0, 0.05) is 6.04 Å². The van der Waals surface area contributed by atoms with Gasteiger partial charge in [0.2, 0.25) is 0 Å². The smallest absolute Gasteiger partial charge is 0.387 e. The molecule has 0 saturated heterocycles. The van der Waals surface area contributed by atoms with Gasteiger partial charge in [-0.3, -0.25) is 0 Å². The van der Waals surface area contributed by atoms with Gasteiger partial charge in [0.1, 0.15) is 5.75 Å². The molecule has 0 aliphatic carbocycles. The molecule has 0 heterocycles. The van der Waals surface area contributed by atoms with Crippen LogP contribution in [0.4, 0.5) is 14.5 Å². The molecule has 112 valence electrons. The fourth-order valence-electron chi connectivity index (χ4n) is 1.90. The number of rotatable bonds is 5. The standard InChI is InChI=1S/C15H13Cl2F2NO/c1-9(20-14-12(16)6-3-7-13(14)17)10-4-2-5-11(8-10)21-15(18)19/h2-9,15,20H,1H3. The summed E-state index contributed by atoms with van der Waals surface area (Å²) in [4.78, 5) is 0. The van der Waals surface area contributed by atoms with Crippen LogP contribution in [0.5, 0.6) is 5.75 Å². The van der Waals surface area contributed by atoms with Crippen LogP contribution in [-0.2, 0) is 0 Å². The topological polar surface area (TPSA) is 21.3 Å². The van der Waals surface area contributed by atoms with Gasteiger partial charge in [0.25, 0.3) is 0 Å². The largest absolute Gasteiger partial charge is 0.435 e. The monoisotopic (exact) mass is 331 g/mol. The van der Waals surface area contributed by atoms with E-state index < -0.39 is 6.61 Å². The molecule has 0 spiro atoms. The Labute approximate surface area is 131 Å². The Morgan fingerprint density at radius 3 is 2.29 bits per heavy atom. The molecule has 1 N–H and O–H groups in total. The summed E-state index contributed by atoms with van der Waals surface area (Å²) in [7, 11) is 0. The van der Waals surface area contributed by atoms with Crippen molar-refractivity contribution in [3.63, 3.8) is 0 Å². The lowest BCUT2D eigenvalue weighted by molar-refractivity contribution is -0.0498. The van der Waals surface area contributed by atoms with Gasteiger partial charge in [-0.2, -0.15) is 8.78 Å². The summed E-state index contributed by atoms with van der Waals surface area (Å²) in [6.07, 6.45) is 0. The summed E-state index contributed by atoms with van der Waals surface area (Å²) in [6, 6.07) is 11.5. The van der Waals surface area contributed by atoms with Crippen molar-refractivity contribution < 1.29 is 13.5 Å². The van der Waals surface area contributed by atoms with Crippen molar-refractivity contribution in [1.82, 2.24) is 0 Å². The van der Waals surface area contributed by atoms with Gasteiger partial charge >= 0.3 is 6.61 Å². The Bertz CT molecular complexity index is 602. The molecule has 6 heteroatoms. The third-order valence-corrected chi connectivity index (χ3v) is 3.54. The van der Waals surface area contributed by atoms with Crippen molar-refractivity contribution in [2.75, 3.05) is 5.32 Å². The minimum absolute atomic E-state index is 0.112. The van der Waals surface area contributed by atoms with Gasteiger partial charge in [-0.05, 0) is 36.8 Å². The second-order valence-corrected chi connectivity index (χ2v) is 5.23. The number of halogens is 4. The molecule has 0 aliphatic heterocycles. The molecule has 0 aliphatic rings. The van der Waals surface area contributed by atoms with Crippen LogP contribution in [0.2, 0.25) is 10.0 Å². The molecule has 0 bridgehead atoms. The van der Waals surface area contributed by atoms with Crippen LogP contribution in [0.3, 0.4) is 0 Å². The van der Waals surface area contributed by atoms with Crippen LogP contribution in [0.25, 0.3) is 0 Å². The number of hydrogen-bond donors (Lipinski definition) is 1. The lowest BCUT2D eigenvalue weighted by Gasteiger charge is -2.18. The molecule has 1 atom stereocenters. The Morgan fingerprint density at radius 1 is 1.05 bits per heavy atom. The zero-order valence-corrected chi connectivity index (χ0v) is 12.6. The van der Waals surface area contributed by atoms with E-state index in [0.717, 1.165) is 5.56 Å². The molecule has 0 amide bonds. The van der Waals surface area contributed by atoms with Crippen LogP contribution < -0.4 is 10.1 Å². The van der Waals surface area contributed by atoms with E-state index in [0.29, 0.717) is 15.7 Å². The second-order valence-electron chi connectivity index (χ2n) is 4.41. The molecule has 2 rings (SSSR count). The number of nitrogens with one attached hydrogen (secondary N) is 1. The van der Waals surface area contributed by atoms with Crippen LogP contribution in [0.15, 0.2) is 42.5 Å². The highest BCUT2D eigenvalue weighted by Gasteiger charge is 2.12. The summed E-state index contributed by atoms with van der Waals surface area (Å²) < 4.78 is 28.9. The van der Waals surface area contributed by atoms with Gasteiger partial charge in [0.05, 0.1) is 15.7 Å². The van der Waals surface area contributed by atoms with Crippen molar-refractivity contribution in [3.05, 3.63) is 58.1 Å². The SMILES string of the molecule is CC(Nc1c(Cl)cccc1Cl)c1cccc(OC(F)F)c1. The zero-order valence-electron chi connectivity index (χ0n) is 11.1. The fraction of sp³-hybridized carbons (Fsp3) is 0.200. The molecule has 2 nitrogen and oxygen atoms in total. The molecular formula is C15H13Cl2F2NO. The lowest BCUT2D eigenvalue weighted by Crippen LogP contribution is -2.08. The van der Waals surface area contributed by atoms with E-state index in [2.05, 4.69) is 10.1 Å². The third-order valence-electron chi connectivity index (χ3n) is 2.91. The van der Waals surface area contributed by atoms with Crippen LogP contribution in [0.1, 0.15) is 18.5 Å². The number of anilines is 1. The molecule has 0 saturated carbocycles. The van der Waals surface area contributed by atoms with Crippen molar-refractivity contribution in [2.24, 2.45) is 0 Å². The van der Waals surface area contributed by atoms with Gasteiger partial charge < -0.3 is 10.1 Å². The highest BCUT2D eigenvalue weighted by atomic mass is 35.5. The average molecular weight is 332 g/mol. The van der Waals surface area contributed by atoms with Crippen LogP contribution in [0, 0.1) is 0 Å². The first kappa shape index (κ1) is 15.9. The Kier molecular flexibility index (Phi) is 5.26. The van der Waals surface area contributed by atoms with Gasteiger partial charge in [-0.15, -0.1) is 0 Å². The highest BCUT2D eigenvalue weighted by Crippen LogP contribution is 2.33. The average Bonchev–Trinajstić information content (AvgIpc) is 2.42. The van der Waals surface area contributed by atoms with Gasteiger partial charge in [-0.25, -0.2) is 0 Å². The lowest BCUT2D eigenvalue weighted by atomic mass is 10.1. The van der Waals surface area contributed by atoms with E-state index in [1.807, 2.05) is 6.92 Å². The predicted molar refractivity (Wildman–Crippen MR) is 81.6 cm³/mol. The van der Waals surface area contributed by atoms with Crippen LogP contribution >= 0.6 is 23.2 Å². The molecule has 1 unspecified atom stereocenters. The van der Waals surface area contributed by atoms with E-state index in [-0.39, 0.29) is 11.8 Å². The fourth-order valence-corrected chi connectivity index (χ4v) is 2.40. The first-order chi connectivity index (χ1) is 9.97. The molecule has 21 heavy (non-hydrogen) atoms. The Balaban J connectivity index is 2.18. The van der Waals surface area contributed by atoms with E-state index in [1.54, 1.807) is 36.4 Å².